The number of pyridine rings is 1. The Balaban J connectivity index is 2.19. The van der Waals surface area contributed by atoms with Crippen molar-refractivity contribution in [2.45, 2.75) is 31.6 Å². The molecule has 96 valence electrons. The maximum atomic E-state index is 9.94. The Hall–Kier alpha value is -0.910. The summed E-state index contributed by atoms with van der Waals surface area (Å²) in [6.07, 6.45) is 2.62. The summed E-state index contributed by atoms with van der Waals surface area (Å²) in [4.78, 5) is 9.92. The number of aliphatic hydroxyl groups is 1. The van der Waals surface area contributed by atoms with Crippen LogP contribution in [0.15, 0.2) is 24.4 Å². The van der Waals surface area contributed by atoms with Crippen LogP contribution < -0.4 is 0 Å². The molecule has 0 aliphatic heterocycles. The van der Waals surface area contributed by atoms with Gasteiger partial charge in [0.15, 0.2) is 0 Å². The van der Waals surface area contributed by atoms with Gasteiger partial charge in [0.2, 0.25) is 0 Å². The second-order valence-electron chi connectivity index (χ2n) is 4.63. The first-order valence-electron chi connectivity index (χ1n) is 5.72. The molecular formula is C13H16N2OS2. The fourth-order valence-electron chi connectivity index (χ4n) is 1.60. The van der Waals surface area contributed by atoms with Gasteiger partial charge in [-0.2, -0.15) is 12.6 Å². The predicted octanol–water partition coefficient (Wildman–Crippen LogP) is 2.79. The van der Waals surface area contributed by atoms with Crippen LogP contribution in [-0.4, -0.2) is 15.1 Å². The van der Waals surface area contributed by atoms with Gasteiger partial charge in [-0.25, -0.2) is 4.98 Å². The number of thiazole rings is 1. The van der Waals surface area contributed by atoms with Gasteiger partial charge in [-0.1, -0.05) is 6.07 Å². The maximum absolute atomic E-state index is 9.94. The summed E-state index contributed by atoms with van der Waals surface area (Å²) in [7, 11) is 0. The van der Waals surface area contributed by atoms with E-state index in [0.29, 0.717) is 11.4 Å². The van der Waals surface area contributed by atoms with Gasteiger partial charge in [0, 0.05) is 28.9 Å². The van der Waals surface area contributed by atoms with Crippen molar-refractivity contribution in [3.63, 3.8) is 0 Å². The summed E-state index contributed by atoms with van der Waals surface area (Å²) in [6, 6.07) is 5.74. The molecule has 0 spiro atoms. The fourth-order valence-corrected chi connectivity index (χ4v) is 2.67. The SMILES string of the molecule is CC(C)(O)c1cccc(Cc2cnc(CS)s2)n1. The molecule has 3 nitrogen and oxygen atoms in total. The highest BCUT2D eigenvalue weighted by Gasteiger charge is 2.17. The minimum atomic E-state index is -0.903. The minimum absolute atomic E-state index is 0.668. The Labute approximate surface area is 116 Å². The second kappa shape index (κ2) is 5.38. The Bertz CT molecular complexity index is 532. The summed E-state index contributed by atoms with van der Waals surface area (Å²) in [5.41, 5.74) is 0.739. The van der Waals surface area contributed by atoms with Gasteiger partial charge < -0.3 is 5.11 Å². The Morgan fingerprint density at radius 2 is 2.17 bits per heavy atom. The molecule has 0 aliphatic carbocycles. The van der Waals surface area contributed by atoms with E-state index >= 15 is 0 Å². The van der Waals surface area contributed by atoms with Crippen molar-refractivity contribution in [1.82, 2.24) is 9.97 Å². The Morgan fingerprint density at radius 3 is 2.78 bits per heavy atom. The molecule has 2 heterocycles. The molecule has 5 heteroatoms. The molecule has 18 heavy (non-hydrogen) atoms. The van der Waals surface area contributed by atoms with Crippen LogP contribution in [0.25, 0.3) is 0 Å². The van der Waals surface area contributed by atoms with Gasteiger partial charge in [0.25, 0.3) is 0 Å². The van der Waals surface area contributed by atoms with Crippen molar-refractivity contribution in [1.29, 1.82) is 0 Å². The van der Waals surface area contributed by atoms with E-state index in [1.165, 1.54) is 4.88 Å². The van der Waals surface area contributed by atoms with E-state index in [1.54, 1.807) is 25.2 Å². The molecular weight excluding hydrogens is 264 g/mol. The van der Waals surface area contributed by atoms with Gasteiger partial charge in [0.05, 0.1) is 5.69 Å². The quantitative estimate of drug-likeness (QED) is 0.847. The van der Waals surface area contributed by atoms with Gasteiger partial charge >= 0.3 is 0 Å². The standard InChI is InChI=1S/C13H16N2OS2/c1-13(2,16)11-5-3-4-9(15-11)6-10-7-14-12(8-17)18-10/h3-5,7,16-17H,6,8H2,1-2H3. The smallest absolute Gasteiger partial charge is 0.102 e. The Morgan fingerprint density at radius 1 is 1.39 bits per heavy atom. The normalized spacial score (nSPS) is 11.8. The van der Waals surface area contributed by atoms with E-state index in [2.05, 4.69) is 22.6 Å². The molecule has 0 atom stereocenters. The van der Waals surface area contributed by atoms with Crippen LogP contribution in [0, 0.1) is 0 Å². The highest BCUT2D eigenvalue weighted by Crippen LogP contribution is 2.20. The van der Waals surface area contributed by atoms with Crippen molar-refractivity contribution in [2.75, 3.05) is 0 Å². The molecule has 2 aromatic heterocycles. The van der Waals surface area contributed by atoms with Gasteiger partial charge in [-0.05, 0) is 26.0 Å². The molecule has 0 bridgehead atoms. The van der Waals surface area contributed by atoms with Crippen molar-refractivity contribution < 1.29 is 5.11 Å². The molecule has 0 fully saturated rings. The zero-order valence-corrected chi connectivity index (χ0v) is 12.1. The zero-order chi connectivity index (χ0) is 13.2. The third-order valence-electron chi connectivity index (χ3n) is 2.53. The molecule has 0 aliphatic rings. The van der Waals surface area contributed by atoms with Crippen LogP contribution in [-0.2, 0) is 17.8 Å². The van der Waals surface area contributed by atoms with E-state index < -0.39 is 5.60 Å². The third kappa shape index (κ3) is 3.31. The first kappa shape index (κ1) is 13.5. The molecule has 0 saturated carbocycles. The van der Waals surface area contributed by atoms with Gasteiger partial charge in [-0.3, -0.25) is 4.98 Å². The number of rotatable bonds is 4. The van der Waals surface area contributed by atoms with Gasteiger partial charge in [-0.15, -0.1) is 11.3 Å². The van der Waals surface area contributed by atoms with Crippen LogP contribution >= 0.6 is 24.0 Å². The lowest BCUT2D eigenvalue weighted by Gasteiger charge is -2.16. The zero-order valence-electron chi connectivity index (χ0n) is 10.4. The van der Waals surface area contributed by atoms with Crippen molar-refractivity contribution in [3.05, 3.63) is 45.7 Å². The lowest BCUT2D eigenvalue weighted by atomic mass is 10.0. The first-order chi connectivity index (χ1) is 8.49. The molecule has 1 N–H and O–H groups in total. The van der Waals surface area contributed by atoms with E-state index in [-0.39, 0.29) is 0 Å². The largest absolute Gasteiger partial charge is 0.384 e. The van der Waals surface area contributed by atoms with E-state index in [4.69, 9.17) is 0 Å². The van der Waals surface area contributed by atoms with E-state index in [9.17, 15) is 5.11 Å². The molecule has 0 radical (unpaired) electrons. The summed E-state index contributed by atoms with van der Waals surface area (Å²) >= 11 is 5.85. The summed E-state index contributed by atoms with van der Waals surface area (Å²) in [6.45, 7) is 3.48. The van der Waals surface area contributed by atoms with Gasteiger partial charge in [0.1, 0.15) is 10.6 Å². The number of thiol groups is 1. The van der Waals surface area contributed by atoms with E-state index in [0.717, 1.165) is 17.1 Å². The monoisotopic (exact) mass is 280 g/mol. The minimum Gasteiger partial charge on any atom is -0.384 e. The van der Waals surface area contributed by atoms with Crippen LogP contribution in [0.2, 0.25) is 0 Å². The topological polar surface area (TPSA) is 46.0 Å². The van der Waals surface area contributed by atoms with E-state index in [1.807, 2.05) is 24.4 Å². The molecule has 2 aromatic rings. The summed E-state index contributed by atoms with van der Waals surface area (Å²) < 4.78 is 0. The lowest BCUT2D eigenvalue weighted by molar-refractivity contribution is 0.0736. The average molecular weight is 280 g/mol. The van der Waals surface area contributed by atoms with Crippen molar-refractivity contribution in [2.24, 2.45) is 0 Å². The summed E-state index contributed by atoms with van der Waals surface area (Å²) in [5, 5.41) is 11.0. The number of hydrogen-bond acceptors (Lipinski definition) is 5. The summed E-state index contributed by atoms with van der Waals surface area (Å²) in [5.74, 6) is 0.668. The lowest BCUT2D eigenvalue weighted by Crippen LogP contribution is -2.18. The third-order valence-corrected chi connectivity index (χ3v) is 4.04. The Kier molecular flexibility index (Phi) is 4.04. The first-order valence-corrected chi connectivity index (χ1v) is 7.17. The number of nitrogens with zero attached hydrogens (tertiary/aromatic N) is 2. The van der Waals surface area contributed by atoms with Crippen LogP contribution in [0.5, 0.6) is 0 Å². The molecule has 2 rings (SSSR count). The van der Waals surface area contributed by atoms with Crippen LogP contribution in [0.4, 0.5) is 0 Å². The molecule has 0 saturated heterocycles. The van der Waals surface area contributed by atoms with Crippen molar-refractivity contribution in [3.8, 4) is 0 Å². The number of aromatic nitrogens is 2. The maximum Gasteiger partial charge on any atom is 0.102 e. The van der Waals surface area contributed by atoms with Crippen molar-refractivity contribution >= 4 is 24.0 Å². The van der Waals surface area contributed by atoms with Crippen LogP contribution in [0.1, 0.15) is 35.1 Å². The molecule has 0 aromatic carbocycles. The molecule has 0 unspecified atom stereocenters. The number of hydrogen-bond donors (Lipinski definition) is 2. The fraction of sp³-hybridized carbons (Fsp3) is 0.385. The second-order valence-corrected chi connectivity index (χ2v) is 6.14. The van der Waals surface area contributed by atoms with Crippen LogP contribution in [0.3, 0.4) is 0 Å². The molecule has 0 amide bonds. The predicted molar refractivity (Wildman–Crippen MR) is 77.1 cm³/mol. The average Bonchev–Trinajstić information content (AvgIpc) is 2.76. The highest BCUT2D eigenvalue weighted by molar-refractivity contribution is 7.79. The highest BCUT2D eigenvalue weighted by atomic mass is 32.1.